The standard InChI is InChI=1S/C22H25N3O2S/c1-15-8-10-16(11-9-15)12-13-23-20(26)17-14-24-22-25(21(17)27)18-6-4-2-3-5-7-19(18)28-22/h8-11,14H,2-7,12-13H2,1H3,(H,23,26). The zero-order chi connectivity index (χ0) is 19.5. The molecule has 2 aromatic heterocycles. The summed E-state index contributed by atoms with van der Waals surface area (Å²) < 4.78 is 1.68. The summed E-state index contributed by atoms with van der Waals surface area (Å²) >= 11 is 1.59. The Balaban J connectivity index is 1.53. The molecule has 1 aromatic carbocycles. The summed E-state index contributed by atoms with van der Waals surface area (Å²) in [5.74, 6) is -0.343. The molecule has 1 amide bonds. The van der Waals surface area contributed by atoms with E-state index in [-0.39, 0.29) is 17.0 Å². The number of benzene rings is 1. The van der Waals surface area contributed by atoms with E-state index >= 15 is 0 Å². The lowest BCUT2D eigenvalue weighted by Gasteiger charge is -2.10. The molecule has 0 saturated carbocycles. The van der Waals surface area contributed by atoms with Crippen LogP contribution in [0.4, 0.5) is 0 Å². The highest BCUT2D eigenvalue weighted by atomic mass is 32.1. The molecule has 3 aromatic rings. The average Bonchev–Trinajstić information content (AvgIpc) is 3.01. The Labute approximate surface area is 168 Å². The summed E-state index contributed by atoms with van der Waals surface area (Å²) in [6, 6.07) is 8.25. The predicted octanol–water partition coefficient (Wildman–Crippen LogP) is 3.70. The van der Waals surface area contributed by atoms with Gasteiger partial charge in [-0.2, -0.15) is 0 Å². The normalized spacial score (nSPS) is 14.3. The first-order chi connectivity index (χ1) is 13.6. The van der Waals surface area contributed by atoms with Crippen molar-refractivity contribution in [2.75, 3.05) is 6.54 Å². The monoisotopic (exact) mass is 395 g/mol. The first kappa shape index (κ1) is 18.9. The minimum atomic E-state index is -0.343. The van der Waals surface area contributed by atoms with Crippen molar-refractivity contribution in [1.29, 1.82) is 0 Å². The largest absolute Gasteiger partial charge is 0.351 e. The molecule has 0 atom stereocenters. The molecule has 0 fully saturated rings. The minimum absolute atomic E-state index is 0.129. The summed E-state index contributed by atoms with van der Waals surface area (Å²) in [6.07, 6.45) is 8.72. The maximum absolute atomic E-state index is 13.0. The first-order valence-corrected chi connectivity index (χ1v) is 10.8. The van der Waals surface area contributed by atoms with E-state index in [1.54, 1.807) is 15.7 Å². The molecule has 1 aliphatic rings. The van der Waals surface area contributed by atoms with Gasteiger partial charge in [0, 0.05) is 23.3 Å². The fourth-order valence-corrected chi connectivity index (χ4v) is 4.92. The van der Waals surface area contributed by atoms with Crippen LogP contribution in [-0.2, 0) is 19.3 Å². The van der Waals surface area contributed by atoms with Gasteiger partial charge < -0.3 is 5.32 Å². The molecule has 0 bridgehead atoms. The summed E-state index contributed by atoms with van der Waals surface area (Å²) in [6.45, 7) is 2.54. The molecule has 0 spiro atoms. The summed E-state index contributed by atoms with van der Waals surface area (Å²) in [5.41, 5.74) is 3.33. The Morgan fingerprint density at radius 3 is 2.68 bits per heavy atom. The van der Waals surface area contributed by atoms with Crippen molar-refractivity contribution in [3.8, 4) is 0 Å². The Bertz CT molecular complexity index is 1050. The molecule has 28 heavy (non-hydrogen) atoms. The highest BCUT2D eigenvalue weighted by Gasteiger charge is 2.20. The predicted molar refractivity (Wildman–Crippen MR) is 112 cm³/mol. The van der Waals surface area contributed by atoms with Crippen LogP contribution in [-0.4, -0.2) is 21.8 Å². The highest BCUT2D eigenvalue weighted by Crippen LogP contribution is 2.27. The molecule has 146 valence electrons. The van der Waals surface area contributed by atoms with Crippen molar-refractivity contribution in [3.63, 3.8) is 0 Å². The van der Waals surface area contributed by atoms with Gasteiger partial charge in [-0.3, -0.25) is 14.0 Å². The third kappa shape index (κ3) is 3.87. The second kappa shape index (κ2) is 8.27. The molecule has 0 unspecified atom stereocenters. The van der Waals surface area contributed by atoms with Gasteiger partial charge in [0.2, 0.25) is 0 Å². The van der Waals surface area contributed by atoms with Crippen molar-refractivity contribution in [1.82, 2.24) is 14.7 Å². The molecule has 2 heterocycles. The SMILES string of the molecule is Cc1ccc(CCNC(=O)c2cnc3sc4c(n3c2=O)CCCCCC4)cc1. The molecule has 0 radical (unpaired) electrons. The number of carbonyl (C=O) groups excluding carboxylic acids is 1. The summed E-state index contributed by atoms with van der Waals surface area (Å²) in [7, 11) is 0. The molecule has 1 aliphatic carbocycles. The molecule has 6 heteroatoms. The van der Waals surface area contributed by atoms with Crippen LogP contribution in [0.5, 0.6) is 0 Å². The van der Waals surface area contributed by atoms with Gasteiger partial charge in [0.05, 0.1) is 0 Å². The van der Waals surface area contributed by atoms with Crippen LogP contribution in [0.3, 0.4) is 0 Å². The molecule has 5 nitrogen and oxygen atoms in total. The van der Waals surface area contributed by atoms with Gasteiger partial charge in [0.1, 0.15) is 5.56 Å². The Hall–Kier alpha value is -2.47. The lowest BCUT2D eigenvalue weighted by molar-refractivity contribution is 0.0952. The van der Waals surface area contributed by atoms with Crippen LogP contribution in [0.2, 0.25) is 0 Å². The van der Waals surface area contributed by atoms with Gasteiger partial charge in [0.15, 0.2) is 4.96 Å². The minimum Gasteiger partial charge on any atom is -0.351 e. The van der Waals surface area contributed by atoms with Crippen LogP contribution in [0.15, 0.2) is 35.3 Å². The van der Waals surface area contributed by atoms with Gasteiger partial charge >= 0.3 is 0 Å². The number of fused-ring (bicyclic) bond motifs is 3. The lowest BCUT2D eigenvalue weighted by Crippen LogP contribution is -2.33. The van der Waals surface area contributed by atoms with Crippen molar-refractivity contribution in [2.45, 2.75) is 51.9 Å². The number of aryl methyl sites for hydroxylation is 3. The topological polar surface area (TPSA) is 63.5 Å². The van der Waals surface area contributed by atoms with Crippen molar-refractivity contribution in [2.24, 2.45) is 0 Å². The van der Waals surface area contributed by atoms with Crippen molar-refractivity contribution < 1.29 is 4.79 Å². The first-order valence-electron chi connectivity index (χ1n) is 9.99. The van der Waals surface area contributed by atoms with Crippen LogP contribution < -0.4 is 10.9 Å². The van der Waals surface area contributed by atoms with E-state index < -0.39 is 0 Å². The van der Waals surface area contributed by atoms with E-state index in [0.717, 1.165) is 43.4 Å². The van der Waals surface area contributed by atoms with Gasteiger partial charge in [-0.25, -0.2) is 4.98 Å². The van der Waals surface area contributed by atoms with Crippen LogP contribution in [0.25, 0.3) is 4.96 Å². The molecular formula is C22H25N3O2S. The molecule has 0 saturated heterocycles. The smallest absolute Gasteiger partial charge is 0.271 e. The number of carbonyl (C=O) groups is 1. The van der Waals surface area contributed by atoms with Gasteiger partial charge in [0.25, 0.3) is 11.5 Å². The Kier molecular flexibility index (Phi) is 5.57. The number of thiazole rings is 1. The lowest BCUT2D eigenvalue weighted by atomic mass is 10.0. The number of hydrogen-bond acceptors (Lipinski definition) is 4. The van der Waals surface area contributed by atoms with E-state index in [1.807, 2.05) is 0 Å². The second-order valence-electron chi connectivity index (χ2n) is 7.47. The summed E-state index contributed by atoms with van der Waals surface area (Å²) in [4.78, 5) is 32.0. The van der Waals surface area contributed by atoms with Gasteiger partial charge in [-0.15, -0.1) is 11.3 Å². The zero-order valence-electron chi connectivity index (χ0n) is 16.2. The van der Waals surface area contributed by atoms with Gasteiger partial charge in [-0.1, -0.05) is 42.7 Å². The molecule has 0 aliphatic heterocycles. The molecule has 1 N–H and O–H groups in total. The van der Waals surface area contributed by atoms with E-state index in [0.29, 0.717) is 11.5 Å². The van der Waals surface area contributed by atoms with Crippen molar-refractivity contribution >= 4 is 22.2 Å². The van der Waals surface area contributed by atoms with Crippen LogP contribution in [0.1, 0.15) is 57.7 Å². The number of nitrogens with zero attached hydrogens (tertiary/aromatic N) is 2. The van der Waals surface area contributed by atoms with Crippen LogP contribution in [0, 0.1) is 6.92 Å². The maximum atomic E-state index is 13.0. The molecule has 4 rings (SSSR count). The van der Waals surface area contributed by atoms with Gasteiger partial charge in [-0.05, 0) is 44.6 Å². The number of nitrogens with one attached hydrogen (secondary N) is 1. The molecular weight excluding hydrogens is 370 g/mol. The zero-order valence-corrected chi connectivity index (χ0v) is 17.0. The maximum Gasteiger partial charge on any atom is 0.271 e. The van der Waals surface area contributed by atoms with Crippen molar-refractivity contribution in [3.05, 3.63) is 68.1 Å². The number of aromatic nitrogens is 2. The van der Waals surface area contributed by atoms with E-state index in [1.165, 1.54) is 29.5 Å². The quantitative estimate of drug-likeness (QED) is 0.733. The average molecular weight is 396 g/mol. The third-order valence-electron chi connectivity index (χ3n) is 5.37. The van der Waals surface area contributed by atoms with E-state index in [4.69, 9.17) is 0 Å². The highest BCUT2D eigenvalue weighted by molar-refractivity contribution is 7.17. The summed E-state index contributed by atoms with van der Waals surface area (Å²) in [5, 5.41) is 2.87. The van der Waals surface area contributed by atoms with E-state index in [9.17, 15) is 9.59 Å². The fraction of sp³-hybridized carbons (Fsp3) is 0.409. The van der Waals surface area contributed by atoms with E-state index in [2.05, 4.69) is 41.5 Å². The second-order valence-corrected chi connectivity index (χ2v) is 8.53. The Morgan fingerprint density at radius 1 is 1.14 bits per heavy atom. The number of amides is 1. The number of rotatable bonds is 4. The fourth-order valence-electron chi connectivity index (χ4n) is 3.75. The Morgan fingerprint density at radius 2 is 1.89 bits per heavy atom. The number of hydrogen-bond donors (Lipinski definition) is 1. The van der Waals surface area contributed by atoms with Crippen LogP contribution >= 0.6 is 11.3 Å². The third-order valence-corrected chi connectivity index (χ3v) is 6.52.